The van der Waals surface area contributed by atoms with Gasteiger partial charge in [-0.3, -0.25) is 10.2 Å². The Morgan fingerprint density at radius 1 is 1.23 bits per heavy atom. The van der Waals surface area contributed by atoms with Crippen molar-refractivity contribution in [3.05, 3.63) is 10.6 Å². The summed E-state index contributed by atoms with van der Waals surface area (Å²) in [5.41, 5.74) is 1.23. The molecule has 6 heteroatoms. The van der Waals surface area contributed by atoms with Crippen LogP contribution in [-0.4, -0.2) is 47.7 Å². The smallest absolute Gasteiger partial charge is 0.291 e. The van der Waals surface area contributed by atoms with Crippen molar-refractivity contribution >= 4 is 22.5 Å². The van der Waals surface area contributed by atoms with Crippen LogP contribution in [0.25, 0.3) is 0 Å². The van der Waals surface area contributed by atoms with Gasteiger partial charge < -0.3 is 4.74 Å². The molecule has 0 amide bonds. The first-order chi connectivity index (χ1) is 10.8. The molecule has 1 spiro atoms. The number of thiazole rings is 1. The monoisotopic (exact) mass is 318 g/mol. The van der Waals surface area contributed by atoms with Crippen molar-refractivity contribution in [2.45, 2.75) is 44.1 Å². The topological polar surface area (TPSA) is 49.8 Å². The number of hydrogen-bond acceptors (Lipinski definition) is 6. The van der Waals surface area contributed by atoms with Crippen molar-refractivity contribution in [2.24, 2.45) is 10.9 Å². The molecule has 6 rings (SSSR count). The van der Waals surface area contributed by atoms with Crippen LogP contribution >= 0.6 is 11.3 Å². The van der Waals surface area contributed by atoms with Gasteiger partial charge in [0.1, 0.15) is 5.60 Å². The molecule has 1 N–H and O–H groups in total. The highest BCUT2D eigenvalue weighted by molar-refractivity contribution is 7.15. The molecule has 1 aliphatic carbocycles. The zero-order chi connectivity index (χ0) is 14.6. The number of aryl methyl sites for hydroxylation is 2. The van der Waals surface area contributed by atoms with Crippen molar-refractivity contribution in [3.63, 3.8) is 0 Å². The van der Waals surface area contributed by atoms with Gasteiger partial charge in [-0.05, 0) is 51.6 Å². The summed E-state index contributed by atoms with van der Waals surface area (Å²) in [7, 11) is 0. The Labute approximate surface area is 134 Å². The summed E-state index contributed by atoms with van der Waals surface area (Å²) in [6.45, 7) is 4.32. The van der Waals surface area contributed by atoms with Crippen molar-refractivity contribution in [1.82, 2.24) is 9.88 Å². The van der Waals surface area contributed by atoms with Crippen LogP contribution in [0.2, 0.25) is 0 Å². The number of aliphatic imine (C=N–C) groups is 1. The van der Waals surface area contributed by atoms with Crippen LogP contribution in [0, 0.1) is 5.92 Å². The lowest BCUT2D eigenvalue weighted by atomic mass is 9.75. The third-order valence-electron chi connectivity index (χ3n) is 5.67. The van der Waals surface area contributed by atoms with E-state index in [9.17, 15) is 0 Å². The second kappa shape index (κ2) is 4.93. The number of nitrogens with zero attached hydrogens (tertiary/aromatic N) is 3. The van der Waals surface area contributed by atoms with Crippen LogP contribution in [0.5, 0.6) is 0 Å². The Kier molecular flexibility index (Phi) is 2.98. The van der Waals surface area contributed by atoms with Gasteiger partial charge in [-0.25, -0.2) is 9.98 Å². The number of fused-ring (bicyclic) bond motifs is 3. The molecule has 0 aromatic carbocycles. The lowest BCUT2D eigenvalue weighted by Crippen LogP contribution is -2.61. The summed E-state index contributed by atoms with van der Waals surface area (Å²) < 4.78 is 6.32. The zero-order valence-electron chi connectivity index (χ0n) is 12.8. The largest absolute Gasteiger partial charge is 0.455 e. The minimum atomic E-state index is -0.0598. The molecule has 2 bridgehead atoms. The maximum absolute atomic E-state index is 6.32. The van der Waals surface area contributed by atoms with E-state index in [0.717, 1.165) is 24.6 Å². The predicted octanol–water partition coefficient (Wildman–Crippen LogP) is 2.28. The molecular weight excluding hydrogens is 296 g/mol. The van der Waals surface area contributed by atoms with E-state index in [1.165, 1.54) is 55.8 Å². The van der Waals surface area contributed by atoms with Crippen molar-refractivity contribution in [3.8, 4) is 0 Å². The first-order valence-corrected chi connectivity index (χ1v) is 9.34. The van der Waals surface area contributed by atoms with E-state index in [1.807, 2.05) is 0 Å². The molecule has 4 aliphatic heterocycles. The van der Waals surface area contributed by atoms with Crippen LogP contribution in [0.1, 0.15) is 36.3 Å². The fraction of sp³-hybridized carbons (Fsp3) is 0.750. The highest BCUT2D eigenvalue weighted by Gasteiger charge is 2.51. The van der Waals surface area contributed by atoms with E-state index in [4.69, 9.17) is 9.72 Å². The second-order valence-electron chi connectivity index (χ2n) is 7.06. The minimum Gasteiger partial charge on any atom is -0.455 e. The minimum absolute atomic E-state index is 0.0598. The first kappa shape index (κ1) is 13.3. The Morgan fingerprint density at radius 3 is 2.86 bits per heavy atom. The molecule has 5 nitrogen and oxygen atoms in total. The molecule has 22 heavy (non-hydrogen) atoms. The second-order valence-corrected chi connectivity index (χ2v) is 8.14. The number of anilines is 1. The molecule has 5 heterocycles. The van der Waals surface area contributed by atoms with Crippen molar-refractivity contribution < 1.29 is 4.74 Å². The number of aromatic nitrogens is 1. The lowest BCUT2D eigenvalue weighted by Gasteiger charge is -2.50. The van der Waals surface area contributed by atoms with Gasteiger partial charge in [-0.15, -0.1) is 11.3 Å². The quantitative estimate of drug-likeness (QED) is 0.863. The van der Waals surface area contributed by atoms with Gasteiger partial charge in [-0.1, -0.05) is 0 Å². The van der Waals surface area contributed by atoms with Gasteiger partial charge in [0.2, 0.25) is 0 Å². The van der Waals surface area contributed by atoms with Crippen molar-refractivity contribution in [2.75, 3.05) is 31.5 Å². The van der Waals surface area contributed by atoms with Crippen LogP contribution < -0.4 is 5.32 Å². The SMILES string of the molecule is C1CCc2sc(NC3=NCC4(CN5CCC4CC5)O3)nc2C1. The Balaban J connectivity index is 1.30. The molecule has 3 fully saturated rings. The molecule has 3 saturated heterocycles. The summed E-state index contributed by atoms with van der Waals surface area (Å²) in [6, 6.07) is 0.694. The Hall–Kier alpha value is -1.14. The number of amidine groups is 1. The van der Waals surface area contributed by atoms with Crippen LogP contribution in [-0.2, 0) is 17.6 Å². The molecule has 0 saturated carbocycles. The highest BCUT2D eigenvalue weighted by Crippen LogP contribution is 2.41. The van der Waals surface area contributed by atoms with Gasteiger partial charge in [0.05, 0.1) is 12.2 Å². The number of piperidine rings is 3. The Bertz CT molecular complexity index is 596. The van der Waals surface area contributed by atoms with Crippen LogP contribution in [0.3, 0.4) is 0 Å². The maximum Gasteiger partial charge on any atom is 0.291 e. The average Bonchev–Trinajstić information content (AvgIpc) is 3.12. The molecular formula is C16H22N4OS. The number of ether oxygens (including phenoxy) is 1. The molecule has 1 aromatic rings. The average molecular weight is 318 g/mol. The zero-order valence-corrected chi connectivity index (χ0v) is 13.6. The molecule has 118 valence electrons. The first-order valence-electron chi connectivity index (χ1n) is 8.52. The van der Waals surface area contributed by atoms with Gasteiger partial charge >= 0.3 is 0 Å². The van der Waals surface area contributed by atoms with E-state index in [-0.39, 0.29) is 5.60 Å². The van der Waals surface area contributed by atoms with E-state index in [0.29, 0.717) is 11.9 Å². The number of hydrogen-bond donors (Lipinski definition) is 1. The van der Waals surface area contributed by atoms with Gasteiger partial charge in [0.15, 0.2) is 5.13 Å². The molecule has 1 unspecified atom stereocenters. The number of rotatable bonds is 1. The fourth-order valence-corrected chi connectivity index (χ4v) is 5.48. The van der Waals surface area contributed by atoms with Crippen molar-refractivity contribution in [1.29, 1.82) is 0 Å². The van der Waals surface area contributed by atoms with Crippen LogP contribution in [0.15, 0.2) is 4.99 Å². The normalized spacial score (nSPS) is 36.1. The van der Waals surface area contributed by atoms with E-state index < -0.39 is 0 Å². The lowest BCUT2D eigenvalue weighted by molar-refractivity contribution is -0.0829. The molecule has 0 radical (unpaired) electrons. The molecule has 5 aliphatic rings. The van der Waals surface area contributed by atoms with E-state index >= 15 is 0 Å². The molecule has 1 atom stereocenters. The summed E-state index contributed by atoms with van der Waals surface area (Å²) in [6.07, 6.45) is 7.40. The maximum atomic E-state index is 6.32. The van der Waals surface area contributed by atoms with Gasteiger partial charge in [-0.2, -0.15) is 0 Å². The standard InChI is InChI=1S/C16H22N4OS/c1-2-4-13-12(3-1)18-15(22-13)19-14-17-9-16(21-14)10-20-7-5-11(16)6-8-20/h11H,1-10H2,(H,17,18,19). The van der Waals surface area contributed by atoms with Gasteiger partial charge in [0, 0.05) is 17.3 Å². The number of nitrogens with one attached hydrogen (secondary N) is 1. The third-order valence-corrected chi connectivity index (χ3v) is 6.75. The highest BCUT2D eigenvalue weighted by atomic mass is 32.1. The summed E-state index contributed by atoms with van der Waals surface area (Å²) in [5, 5.41) is 4.31. The fourth-order valence-electron chi connectivity index (χ4n) is 4.44. The predicted molar refractivity (Wildman–Crippen MR) is 87.7 cm³/mol. The van der Waals surface area contributed by atoms with Crippen LogP contribution in [0.4, 0.5) is 5.13 Å². The summed E-state index contributed by atoms with van der Waals surface area (Å²) in [4.78, 5) is 13.4. The van der Waals surface area contributed by atoms with E-state index in [1.54, 1.807) is 11.3 Å². The summed E-state index contributed by atoms with van der Waals surface area (Å²) in [5.74, 6) is 0.671. The van der Waals surface area contributed by atoms with Gasteiger partial charge in [0.25, 0.3) is 6.02 Å². The van der Waals surface area contributed by atoms with E-state index in [2.05, 4.69) is 15.2 Å². The Morgan fingerprint density at radius 2 is 2.09 bits per heavy atom. The molecule has 1 aromatic heterocycles. The summed E-state index contributed by atoms with van der Waals surface area (Å²) >= 11 is 1.78. The third kappa shape index (κ3) is 2.07.